The number of thiophene rings is 1. The van der Waals surface area contributed by atoms with Crippen LogP contribution in [0.2, 0.25) is 4.34 Å². The third kappa shape index (κ3) is 2.66. The molecule has 1 nitrogen and oxygen atoms in total. The molecule has 0 saturated carbocycles. The largest absolute Gasteiger partial charge is 0.330 e. The van der Waals surface area contributed by atoms with E-state index in [1.807, 2.05) is 23.6 Å². The van der Waals surface area contributed by atoms with Gasteiger partial charge in [0.05, 0.1) is 0 Å². The Labute approximate surface area is 75.5 Å². The van der Waals surface area contributed by atoms with Crippen LogP contribution in [0.25, 0.3) is 6.08 Å². The second kappa shape index (κ2) is 4.54. The van der Waals surface area contributed by atoms with Crippen molar-refractivity contribution < 1.29 is 0 Å². The average molecular weight is 188 g/mol. The van der Waals surface area contributed by atoms with E-state index in [0.29, 0.717) is 6.54 Å². The maximum atomic E-state index is 5.85. The Morgan fingerprint density at radius 2 is 2.45 bits per heavy atom. The van der Waals surface area contributed by atoms with Crippen molar-refractivity contribution in [2.75, 3.05) is 6.54 Å². The van der Waals surface area contributed by atoms with Crippen LogP contribution in [0.15, 0.2) is 17.5 Å². The first-order chi connectivity index (χ1) is 5.34. The van der Waals surface area contributed by atoms with Gasteiger partial charge in [-0.05, 0) is 24.4 Å². The average Bonchev–Trinajstić information content (AvgIpc) is 2.37. The molecule has 0 bridgehead atoms. The number of nitrogens with two attached hydrogens (primary N) is 1. The van der Waals surface area contributed by atoms with E-state index in [0.717, 1.165) is 16.3 Å². The molecule has 1 aromatic rings. The summed E-state index contributed by atoms with van der Waals surface area (Å²) < 4.78 is 0.846. The zero-order valence-corrected chi connectivity index (χ0v) is 7.66. The van der Waals surface area contributed by atoms with E-state index in [9.17, 15) is 0 Å². The molecule has 0 aliphatic rings. The fourth-order valence-corrected chi connectivity index (χ4v) is 1.61. The number of halogens is 1. The molecule has 1 heterocycles. The van der Waals surface area contributed by atoms with Gasteiger partial charge in [0.1, 0.15) is 4.34 Å². The predicted octanol–water partition coefficient (Wildman–Crippen LogP) is 2.76. The van der Waals surface area contributed by atoms with Gasteiger partial charge in [0, 0.05) is 5.56 Å². The minimum absolute atomic E-state index is 0.693. The summed E-state index contributed by atoms with van der Waals surface area (Å²) in [5, 5.41) is 1.98. The van der Waals surface area contributed by atoms with Crippen molar-refractivity contribution in [1.29, 1.82) is 0 Å². The van der Waals surface area contributed by atoms with E-state index in [4.69, 9.17) is 17.3 Å². The van der Waals surface area contributed by atoms with E-state index in [-0.39, 0.29) is 0 Å². The Balaban J connectivity index is 2.56. The summed E-state index contributed by atoms with van der Waals surface area (Å²) in [4.78, 5) is 0. The second-order valence-electron chi connectivity index (χ2n) is 2.13. The summed E-state index contributed by atoms with van der Waals surface area (Å²) in [6.45, 7) is 0.693. The first-order valence-corrected chi connectivity index (χ1v) is 4.70. The summed E-state index contributed by atoms with van der Waals surface area (Å²) in [5.41, 5.74) is 6.41. The molecule has 0 radical (unpaired) electrons. The van der Waals surface area contributed by atoms with Crippen LogP contribution in [0.1, 0.15) is 12.0 Å². The number of hydrogen-bond acceptors (Lipinski definition) is 2. The van der Waals surface area contributed by atoms with Gasteiger partial charge in [0.15, 0.2) is 0 Å². The van der Waals surface area contributed by atoms with Crippen LogP contribution in [0.5, 0.6) is 0 Å². The quantitative estimate of drug-likeness (QED) is 0.774. The van der Waals surface area contributed by atoms with E-state index in [1.54, 1.807) is 11.3 Å². The molecule has 0 amide bonds. The summed E-state index contributed by atoms with van der Waals surface area (Å²) in [5.74, 6) is 0. The Kier molecular flexibility index (Phi) is 3.63. The highest BCUT2D eigenvalue weighted by Crippen LogP contribution is 2.23. The van der Waals surface area contributed by atoms with Crippen molar-refractivity contribution in [3.8, 4) is 0 Å². The first-order valence-electron chi connectivity index (χ1n) is 3.44. The highest BCUT2D eigenvalue weighted by atomic mass is 35.5. The maximum absolute atomic E-state index is 5.85. The zero-order chi connectivity index (χ0) is 8.10. The Bertz CT molecular complexity index is 242. The van der Waals surface area contributed by atoms with E-state index >= 15 is 0 Å². The molecule has 0 aliphatic carbocycles. The molecule has 2 N–H and O–H groups in total. The van der Waals surface area contributed by atoms with Crippen LogP contribution in [-0.4, -0.2) is 6.54 Å². The molecule has 0 spiro atoms. The smallest absolute Gasteiger partial charge is 0.100 e. The van der Waals surface area contributed by atoms with Crippen LogP contribution in [-0.2, 0) is 0 Å². The van der Waals surface area contributed by atoms with Gasteiger partial charge in [0.25, 0.3) is 0 Å². The van der Waals surface area contributed by atoms with Gasteiger partial charge in [-0.1, -0.05) is 23.8 Å². The van der Waals surface area contributed by atoms with Crippen molar-refractivity contribution >= 4 is 29.0 Å². The van der Waals surface area contributed by atoms with Gasteiger partial charge in [-0.25, -0.2) is 0 Å². The third-order valence-electron chi connectivity index (χ3n) is 1.28. The molecular formula is C8H10ClNS. The molecule has 1 rings (SSSR count). The van der Waals surface area contributed by atoms with Crippen LogP contribution in [0.3, 0.4) is 0 Å². The molecule has 0 atom stereocenters. The Hall–Kier alpha value is -0.310. The van der Waals surface area contributed by atoms with Crippen molar-refractivity contribution in [3.63, 3.8) is 0 Å². The van der Waals surface area contributed by atoms with Crippen LogP contribution >= 0.6 is 22.9 Å². The SMILES string of the molecule is NCC/C=C/c1ccsc1Cl. The summed E-state index contributed by atoms with van der Waals surface area (Å²) >= 11 is 7.40. The Morgan fingerprint density at radius 3 is 3.00 bits per heavy atom. The lowest BCUT2D eigenvalue weighted by molar-refractivity contribution is 1.01. The van der Waals surface area contributed by atoms with Crippen LogP contribution in [0.4, 0.5) is 0 Å². The fraction of sp³-hybridized carbons (Fsp3) is 0.250. The highest BCUT2D eigenvalue weighted by Gasteiger charge is 1.94. The van der Waals surface area contributed by atoms with E-state index in [1.165, 1.54) is 0 Å². The third-order valence-corrected chi connectivity index (χ3v) is 2.48. The molecule has 0 saturated heterocycles. The summed E-state index contributed by atoms with van der Waals surface area (Å²) in [6.07, 6.45) is 4.95. The van der Waals surface area contributed by atoms with Crippen molar-refractivity contribution in [1.82, 2.24) is 0 Å². The van der Waals surface area contributed by atoms with Crippen molar-refractivity contribution in [2.24, 2.45) is 5.73 Å². The molecule has 3 heteroatoms. The normalized spacial score (nSPS) is 11.1. The lowest BCUT2D eigenvalue weighted by atomic mass is 10.3. The van der Waals surface area contributed by atoms with E-state index < -0.39 is 0 Å². The summed E-state index contributed by atoms with van der Waals surface area (Å²) in [7, 11) is 0. The van der Waals surface area contributed by atoms with Crippen molar-refractivity contribution in [2.45, 2.75) is 6.42 Å². The minimum Gasteiger partial charge on any atom is -0.330 e. The molecule has 0 aromatic carbocycles. The van der Waals surface area contributed by atoms with Crippen LogP contribution in [0, 0.1) is 0 Å². The molecule has 11 heavy (non-hydrogen) atoms. The standard InChI is InChI=1S/C8H10ClNS/c9-8-7(4-6-11-8)3-1-2-5-10/h1,3-4,6H,2,5,10H2/b3-1+. The van der Waals surface area contributed by atoms with Gasteiger partial charge in [-0.2, -0.15) is 0 Å². The first kappa shape index (κ1) is 8.78. The monoisotopic (exact) mass is 187 g/mol. The number of rotatable bonds is 3. The molecule has 0 aliphatic heterocycles. The van der Waals surface area contributed by atoms with Gasteiger partial charge in [-0.15, -0.1) is 11.3 Å². The van der Waals surface area contributed by atoms with Gasteiger partial charge in [-0.3, -0.25) is 0 Å². The van der Waals surface area contributed by atoms with Gasteiger partial charge in [0.2, 0.25) is 0 Å². The molecule has 60 valence electrons. The Morgan fingerprint density at radius 1 is 1.64 bits per heavy atom. The number of hydrogen-bond donors (Lipinski definition) is 1. The molecule has 0 fully saturated rings. The molecule has 1 aromatic heterocycles. The molecule has 0 unspecified atom stereocenters. The zero-order valence-electron chi connectivity index (χ0n) is 6.09. The lowest BCUT2D eigenvalue weighted by Crippen LogP contribution is -1.94. The summed E-state index contributed by atoms with van der Waals surface area (Å²) in [6, 6.07) is 2.00. The fourth-order valence-electron chi connectivity index (χ4n) is 0.728. The topological polar surface area (TPSA) is 26.0 Å². The molecular weight excluding hydrogens is 178 g/mol. The van der Waals surface area contributed by atoms with Gasteiger partial charge < -0.3 is 5.73 Å². The van der Waals surface area contributed by atoms with E-state index in [2.05, 4.69) is 0 Å². The van der Waals surface area contributed by atoms with Crippen LogP contribution < -0.4 is 5.73 Å². The lowest BCUT2D eigenvalue weighted by Gasteiger charge is -1.86. The predicted molar refractivity (Wildman–Crippen MR) is 52.0 cm³/mol. The second-order valence-corrected chi connectivity index (χ2v) is 3.65. The van der Waals surface area contributed by atoms with Crippen molar-refractivity contribution in [3.05, 3.63) is 27.4 Å². The minimum atomic E-state index is 0.693. The maximum Gasteiger partial charge on any atom is 0.100 e. The van der Waals surface area contributed by atoms with Gasteiger partial charge >= 0.3 is 0 Å². The highest BCUT2D eigenvalue weighted by molar-refractivity contribution is 7.14.